The molecule has 0 spiro atoms. The van der Waals surface area contributed by atoms with Gasteiger partial charge in [-0.05, 0) is 13.3 Å². The molecule has 0 amide bonds. The molecule has 0 N–H and O–H groups in total. The number of aromatic nitrogens is 2. The maximum atomic E-state index is 5.91. The van der Waals surface area contributed by atoms with E-state index in [0.29, 0.717) is 11.8 Å². The summed E-state index contributed by atoms with van der Waals surface area (Å²) < 4.78 is 5.20. The number of halogens is 1. The monoisotopic (exact) mass is 186 g/mol. The van der Waals surface area contributed by atoms with Crippen molar-refractivity contribution >= 4 is 17.2 Å². The van der Waals surface area contributed by atoms with Gasteiger partial charge in [0.05, 0.1) is 0 Å². The van der Waals surface area contributed by atoms with E-state index in [1.54, 1.807) is 6.92 Å². The first-order chi connectivity index (χ1) is 5.65. The lowest BCUT2D eigenvalue weighted by Gasteiger charge is -1.96. The Morgan fingerprint density at radius 2 is 2.17 bits per heavy atom. The molecule has 3 nitrogen and oxygen atoms in total. The number of allylic oxidation sites excluding steroid dienone is 2. The van der Waals surface area contributed by atoms with Gasteiger partial charge in [-0.15, -0.1) is 10.2 Å². The Morgan fingerprint density at radius 3 is 2.58 bits per heavy atom. The predicted molar refractivity (Wildman–Crippen MR) is 47.8 cm³/mol. The highest BCUT2D eigenvalue weighted by Gasteiger charge is 2.07. The molecule has 0 saturated heterocycles. The van der Waals surface area contributed by atoms with E-state index in [4.69, 9.17) is 16.0 Å². The van der Waals surface area contributed by atoms with Crippen LogP contribution in [0, 0.1) is 6.92 Å². The Labute approximate surface area is 76.4 Å². The van der Waals surface area contributed by atoms with Crippen molar-refractivity contribution < 1.29 is 4.42 Å². The van der Waals surface area contributed by atoms with Crippen LogP contribution in [0.15, 0.2) is 9.45 Å². The van der Waals surface area contributed by atoms with Gasteiger partial charge >= 0.3 is 0 Å². The lowest BCUT2D eigenvalue weighted by Crippen LogP contribution is -1.82. The van der Waals surface area contributed by atoms with Crippen LogP contribution in [-0.2, 0) is 0 Å². The zero-order chi connectivity index (χ0) is 9.14. The number of rotatable bonds is 2. The van der Waals surface area contributed by atoms with Crippen LogP contribution >= 0.6 is 11.6 Å². The van der Waals surface area contributed by atoms with Crippen molar-refractivity contribution in [2.24, 2.45) is 0 Å². The Morgan fingerprint density at radius 1 is 1.50 bits per heavy atom. The highest BCUT2D eigenvalue weighted by molar-refractivity contribution is 6.32. The van der Waals surface area contributed by atoms with E-state index >= 15 is 0 Å². The summed E-state index contributed by atoms with van der Waals surface area (Å²) in [5, 5.41) is 8.33. The fraction of sp³-hybridized carbons (Fsp3) is 0.500. The summed E-state index contributed by atoms with van der Waals surface area (Å²) >= 11 is 5.91. The van der Waals surface area contributed by atoms with Gasteiger partial charge in [-0.25, -0.2) is 0 Å². The van der Waals surface area contributed by atoms with Gasteiger partial charge in [0.2, 0.25) is 11.8 Å². The van der Waals surface area contributed by atoms with Crippen LogP contribution in [0.25, 0.3) is 5.57 Å². The molecule has 0 aliphatic carbocycles. The topological polar surface area (TPSA) is 38.9 Å². The van der Waals surface area contributed by atoms with Crippen LogP contribution in [0.2, 0.25) is 0 Å². The van der Waals surface area contributed by atoms with E-state index < -0.39 is 0 Å². The van der Waals surface area contributed by atoms with Crippen LogP contribution in [-0.4, -0.2) is 10.2 Å². The molecular formula is C8H11ClN2O. The average molecular weight is 187 g/mol. The van der Waals surface area contributed by atoms with Gasteiger partial charge in [-0.2, -0.15) is 0 Å². The lowest BCUT2D eigenvalue weighted by molar-refractivity contribution is 0.505. The van der Waals surface area contributed by atoms with Gasteiger partial charge in [0, 0.05) is 17.5 Å². The molecule has 0 aliphatic rings. The molecular weight excluding hydrogens is 176 g/mol. The Bertz CT molecular complexity index is 304. The van der Waals surface area contributed by atoms with E-state index in [9.17, 15) is 0 Å². The highest BCUT2D eigenvalue weighted by atomic mass is 35.5. The van der Waals surface area contributed by atoms with E-state index in [2.05, 4.69) is 10.2 Å². The molecule has 0 unspecified atom stereocenters. The maximum absolute atomic E-state index is 5.91. The van der Waals surface area contributed by atoms with Crippen molar-refractivity contribution in [3.8, 4) is 0 Å². The Hall–Kier alpha value is -0.830. The normalized spacial score (nSPS) is 13.0. The summed E-state index contributed by atoms with van der Waals surface area (Å²) in [7, 11) is 0. The first kappa shape index (κ1) is 9.26. The fourth-order valence-corrected chi connectivity index (χ4v) is 0.910. The third kappa shape index (κ3) is 1.85. The largest absolute Gasteiger partial charge is 0.421 e. The summed E-state index contributed by atoms with van der Waals surface area (Å²) in [6, 6.07) is 0. The molecule has 66 valence electrons. The zero-order valence-corrected chi connectivity index (χ0v) is 8.14. The van der Waals surface area contributed by atoms with Crippen molar-refractivity contribution in [3.63, 3.8) is 0 Å². The summed E-state index contributed by atoms with van der Waals surface area (Å²) in [6.07, 6.45) is 0.787. The molecule has 0 aliphatic heterocycles. The summed E-state index contributed by atoms with van der Waals surface area (Å²) in [6.45, 7) is 5.61. The van der Waals surface area contributed by atoms with Crippen molar-refractivity contribution in [2.75, 3.05) is 0 Å². The van der Waals surface area contributed by atoms with Gasteiger partial charge in [0.25, 0.3) is 0 Å². The minimum atomic E-state index is 0.513. The number of aryl methyl sites for hydroxylation is 1. The van der Waals surface area contributed by atoms with E-state index in [1.165, 1.54) is 0 Å². The quantitative estimate of drug-likeness (QED) is 0.713. The molecule has 0 radical (unpaired) electrons. The van der Waals surface area contributed by atoms with Gasteiger partial charge in [-0.1, -0.05) is 18.5 Å². The molecule has 1 aromatic heterocycles. The van der Waals surface area contributed by atoms with E-state index in [1.807, 2.05) is 13.8 Å². The molecule has 1 rings (SSSR count). The fourth-order valence-electron chi connectivity index (χ4n) is 0.829. The maximum Gasteiger partial charge on any atom is 0.244 e. The predicted octanol–water partition coefficient (Wildman–Crippen LogP) is 2.76. The number of nitrogens with zero attached hydrogens (tertiary/aromatic N) is 2. The molecule has 0 saturated carbocycles. The molecule has 0 aromatic carbocycles. The first-order valence-corrected chi connectivity index (χ1v) is 4.18. The number of hydrogen-bond donors (Lipinski definition) is 0. The third-order valence-corrected chi connectivity index (χ3v) is 2.11. The minimum Gasteiger partial charge on any atom is -0.421 e. The van der Waals surface area contributed by atoms with Gasteiger partial charge in [-0.3, -0.25) is 0 Å². The second-order valence-electron chi connectivity index (χ2n) is 2.51. The standard InChI is InChI=1S/C8H11ClN2O/c1-4-7(9)5(2)8-11-10-6(3)12-8/h4H2,1-3H3/b7-5-. The smallest absolute Gasteiger partial charge is 0.244 e. The van der Waals surface area contributed by atoms with E-state index in [-0.39, 0.29) is 0 Å². The van der Waals surface area contributed by atoms with Crippen molar-refractivity contribution in [3.05, 3.63) is 16.8 Å². The van der Waals surface area contributed by atoms with Crippen LogP contribution in [0.4, 0.5) is 0 Å². The molecule has 4 heteroatoms. The average Bonchev–Trinajstić information content (AvgIpc) is 2.49. The second-order valence-corrected chi connectivity index (χ2v) is 2.97. The third-order valence-electron chi connectivity index (χ3n) is 1.56. The molecule has 1 aromatic rings. The summed E-state index contributed by atoms with van der Waals surface area (Å²) in [4.78, 5) is 0. The van der Waals surface area contributed by atoms with Gasteiger partial charge < -0.3 is 4.42 Å². The van der Waals surface area contributed by atoms with Crippen molar-refractivity contribution in [1.82, 2.24) is 10.2 Å². The first-order valence-electron chi connectivity index (χ1n) is 3.81. The molecule has 12 heavy (non-hydrogen) atoms. The summed E-state index contributed by atoms with van der Waals surface area (Å²) in [5.74, 6) is 1.07. The summed E-state index contributed by atoms with van der Waals surface area (Å²) in [5.41, 5.74) is 0.861. The Balaban J connectivity index is 2.99. The lowest BCUT2D eigenvalue weighted by atomic mass is 10.2. The Kier molecular flexibility index (Phi) is 2.87. The second kappa shape index (κ2) is 3.72. The van der Waals surface area contributed by atoms with Crippen molar-refractivity contribution in [1.29, 1.82) is 0 Å². The van der Waals surface area contributed by atoms with Gasteiger partial charge in [0.1, 0.15) is 0 Å². The molecule has 0 atom stereocenters. The van der Waals surface area contributed by atoms with Crippen LogP contribution in [0.1, 0.15) is 32.0 Å². The molecule has 1 heterocycles. The molecule has 0 bridgehead atoms. The van der Waals surface area contributed by atoms with Crippen LogP contribution < -0.4 is 0 Å². The van der Waals surface area contributed by atoms with E-state index in [0.717, 1.165) is 17.0 Å². The zero-order valence-electron chi connectivity index (χ0n) is 7.39. The minimum absolute atomic E-state index is 0.513. The number of hydrogen-bond acceptors (Lipinski definition) is 3. The van der Waals surface area contributed by atoms with Crippen LogP contribution in [0.5, 0.6) is 0 Å². The highest BCUT2D eigenvalue weighted by Crippen LogP contribution is 2.21. The van der Waals surface area contributed by atoms with Crippen molar-refractivity contribution in [2.45, 2.75) is 27.2 Å². The SMILES string of the molecule is CC/C(Cl)=C(\C)c1nnc(C)o1. The van der Waals surface area contributed by atoms with Gasteiger partial charge in [0.15, 0.2) is 0 Å². The molecule has 0 fully saturated rings. The van der Waals surface area contributed by atoms with Crippen LogP contribution in [0.3, 0.4) is 0 Å².